The van der Waals surface area contributed by atoms with Gasteiger partial charge in [0.05, 0.1) is 11.4 Å². The molecule has 2 rings (SSSR count). The lowest BCUT2D eigenvalue weighted by Crippen LogP contribution is -2.10. The van der Waals surface area contributed by atoms with E-state index >= 15 is 0 Å². The van der Waals surface area contributed by atoms with Gasteiger partial charge in [0.1, 0.15) is 10.6 Å². The van der Waals surface area contributed by atoms with Crippen LogP contribution in [0.25, 0.3) is 0 Å². The van der Waals surface area contributed by atoms with Crippen LogP contribution in [0.15, 0.2) is 41.3 Å². The predicted octanol–water partition coefficient (Wildman–Crippen LogP) is 2.58. The highest BCUT2D eigenvalue weighted by atomic mass is 35.5. The van der Waals surface area contributed by atoms with Gasteiger partial charge in [-0.05, 0) is 48.9 Å². The van der Waals surface area contributed by atoms with E-state index in [0.717, 1.165) is 5.56 Å². The molecule has 0 heterocycles. The van der Waals surface area contributed by atoms with Gasteiger partial charge in [0, 0.05) is 5.02 Å². The predicted molar refractivity (Wildman–Crippen MR) is 79.3 cm³/mol. The molecule has 0 aliphatic rings. The van der Waals surface area contributed by atoms with Gasteiger partial charge in [-0.2, -0.15) is 8.42 Å². The Kier molecular flexibility index (Phi) is 3.78. The molecule has 2 aromatic carbocycles. The third-order valence-electron chi connectivity index (χ3n) is 2.68. The summed E-state index contributed by atoms with van der Waals surface area (Å²) in [6, 6.07) is 8.60. The van der Waals surface area contributed by atoms with E-state index in [0.29, 0.717) is 10.7 Å². The molecule has 0 amide bonds. The summed E-state index contributed by atoms with van der Waals surface area (Å²) in [6.45, 7) is 1.75. The van der Waals surface area contributed by atoms with E-state index < -0.39 is 10.1 Å². The Labute approximate surface area is 122 Å². The van der Waals surface area contributed by atoms with E-state index in [2.05, 4.69) is 0 Å². The van der Waals surface area contributed by atoms with Gasteiger partial charge in [-0.3, -0.25) is 0 Å². The van der Waals surface area contributed by atoms with Crippen molar-refractivity contribution in [2.45, 2.75) is 11.8 Å². The van der Waals surface area contributed by atoms with E-state index in [1.807, 2.05) is 0 Å². The van der Waals surface area contributed by atoms with Crippen molar-refractivity contribution in [3.8, 4) is 5.75 Å². The average molecular weight is 313 g/mol. The zero-order valence-electron chi connectivity index (χ0n) is 10.6. The fourth-order valence-corrected chi connectivity index (χ4v) is 2.63. The minimum Gasteiger partial charge on any atom is -0.397 e. The van der Waals surface area contributed by atoms with Gasteiger partial charge in [-0.25, -0.2) is 0 Å². The maximum absolute atomic E-state index is 12.1. The normalized spacial score (nSPS) is 11.3. The number of nitrogens with two attached hydrogens (primary N) is 2. The van der Waals surface area contributed by atoms with Gasteiger partial charge in [0.2, 0.25) is 0 Å². The molecule has 2 aromatic rings. The fourth-order valence-electron chi connectivity index (χ4n) is 1.55. The minimum absolute atomic E-state index is 0.0585. The molecule has 0 radical (unpaired) electrons. The SMILES string of the molecule is Cc1cc(OS(=O)(=O)c2ccc(N)c(N)c2)ccc1Cl. The Bertz CT molecular complexity index is 760. The van der Waals surface area contributed by atoms with Crippen LogP contribution in [-0.2, 0) is 10.1 Å². The summed E-state index contributed by atoms with van der Waals surface area (Å²) in [4.78, 5) is -0.0585. The van der Waals surface area contributed by atoms with Crippen LogP contribution in [-0.4, -0.2) is 8.42 Å². The number of aryl methyl sites for hydroxylation is 1. The number of nitrogen functional groups attached to an aromatic ring is 2. The van der Waals surface area contributed by atoms with Crippen LogP contribution < -0.4 is 15.7 Å². The standard InChI is InChI=1S/C13H13ClN2O3S/c1-8-6-9(2-4-11(8)14)19-20(17,18)10-3-5-12(15)13(16)7-10/h2-7H,15-16H2,1H3. The minimum atomic E-state index is -3.96. The summed E-state index contributed by atoms with van der Waals surface area (Å²) in [5.74, 6) is 0.183. The summed E-state index contributed by atoms with van der Waals surface area (Å²) in [7, 11) is -3.96. The van der Waals surface area contributed by atoms with Gasteiger partial charge in [-0.1, -0.05) is 11.6 Å². The van der Waals surface area contributed by atoms with Crippen LogP contribution >= 0.6 is 11.6 Å². The van der Waals surface area contributed by atoms with Crippen molar-refractivity contribution in [2.24, 2.45) is 0 Å². The quantitative estimate of drug-likeness (QED) is 0.671. The molecule has 20 heavy (non-hydrogen) atoms. The summed E-state index contributed by atoms with van der Waals surface area (Å²) in [5.41, 5.74) is 12.4. The molecule has 0 aromatic heterocycles. The second-order valence-electron chi connectivity index (χ2n) is 4.24. The van der Waals surface area contributed by atoms with Crippen LogP contribution in [0.3, 0.4) is 0 Å². The molecule has 0 saturated carbocycles. The molecule has 106 valence electrons. The zero-order valence-corrected chi connectivity index (χ0v) is 12.2. The lowest BCUT2D eigenvalue weighted by molar-refractivity contribution is 0.486. The number of hydrogen-bond donors (Lipinski definition) is 2. The van der Waals surface area contributed by atoms with Crippen LogP contribution in [0.1, 0.15) is 5.56 Å². The largest absolute Gasteiger partial charge is 0.397 e. The molecular weight excluding hydrogens is 300 g/mol. The first-order chi connectivity index (χ1) is 9.29. The molecule has 5 nitrogen and oxygen atoms in total. The number of benzene rings is 2. The molecule has 0 aliphatic carbocycles. The van der Waals surface area contributed by atoms with Crippen LogP contribution in [0.5, 0.6) is 5.75 Å². The Morgan fingerprint density at radius 3 is 2.35 bits per heavy atom. The number of rotatable bonds is 3. The molecule has 0 unspecified atom stereocenters. The molecular formula is C13H13ClN2O3S. The molecule has 4 N–H and O–H groups in total. The Balaban J connectivity index is 2.35. The summed E-state index contributed by atoms with van der Waals surface area (Å²) in [5, 5.41) is 0.534. The van der Waals surface area contributed by atoms with Crippen molar-refractivity contribution < 1.29 is 12.6 Å². The van der Waals surface area contributed by atoms with Gasteiger partial charge in [0.25, 0.3) is 0 Å². The smallest absolute Gasteiger partial charge is 0.339 e. The van der Waals surface area contributed by atoms with Gasteiger partial charge < -0.3 is 15.7 Å². The lowest BCUT2D eigenvalue weighted by atomic mass is 10.2. The number of halogens is 1. The zero-order chi connectivity index (χ0) is 14.9. The second kappa shape index (κ2) is 5.22. The maximum Gasteiger partial charge on any atom is 0.339 e. The Morgan fingerprint density at radius 1 is 1.05 bits per heavy atom. The second-order valence-corrected chi connectivity index (χ2v) is 6.19. The van der Waals surface area contributed by atoms with Crippen LogP contribution in [0.4, 0.5) is 11.4 Å². The molecule has 0 saturated heterocycles. The van der Waals surface area contributed by atoms with Crippen molar-refractivity contribution in [3.05, 3.63) is 47.0 Å². The molecule has 0 aliphatic heterocycles. The maximum atomic E-state index is 12.1. The summed E-state index contributed by atoms with van der Waals surface area (Å²) < 4.78 is 29.3. The van der Waals surface area contributed by atoms with Gasteiger partial charge in [-0.15, -0.1) is 0 Å². The van der Waals surface area contributed by atoms with Gasteiger partial charge >= 0.3 is 10.1 Å². The third kappa shape index (κ3) is 2.97. The number of anilines is 2. The lowest BCUT2D eigenvalue weighted by Gasteiger charge is -2.09. The highest BCUT2D eigenvalue weighted by Gasteiger charge is 2.18. The van der Waals surface area contributed by atoms with Crippen LogP contribution in [0.2, 0.25) is 5.02 Å². The highest BCUT2D eigenvalue weighted by Crippen LogP contribution is 2.26. The summed E-state index contributed by atoms with van der Waals surface area (Å²) in [6.07, 6.45) is 0. The highest BCUT2D eigenvalue weighted by molar-refractivity contribution is 7.87. The van der Waals surface area contributed by atoms with Crippen molar-refractivity contribution in [3.63, 3.8) is 0 Å². The van der Waals surface area contributed by atoms with E-state index in [4.69, 9.17) is 27.3 Å². The van der Waals surface area contributed by atoms with Crippen molar-refractivity contribution >= 4 is 33.1 Å². The Morgan fingerprint density at radius 2 is 1.75 bits per heavy atom. The van der Waals surface area contributed by atoms with Crippen molar-refractivity contribution in [1.82, 2.24) is 0 Å². The molecule has 0 bridgehead atoms. The first-order valence-electron chi connectivity index (χ1n) is 5.65. The van der Waals surface area contributed by atoms with Gasteiger partial charge in [0.15, 0.2) is 0 Å². The molecule has 7 heteroatoms. The van der Waals surface area contributed by atoms with Crippen molar-refractivity contribution in [1.29, 1.82) is 0 Å². The fraction of sp³-hybridized carbons (Fsp3) is 0.0769. The first-order valence-corrected chi connectivity index (χ1v) is 7.44. The monoisotopic (exact) mass is 312 g/mol. The van der Waals surface area contributed by atoms with Crippen molar-refractivity contribution in [2.75, 3.05) is 11.5 Å². The van der Waals surface area contributed by atoms with E-state index in [-0.39, 0.29) is 16.3 Å². The molecule has 0 atom stereocenters. The van der Waals surface area contributed by atoms with Crippen LogP contribution in [0, 0.1) is 6.92 Å². The number of hydrogen-bond acceptors (Lipinski definition) is 5. The average Bonchev–Trinajstić information content (AvgIpc) is 2.37. The molecule has 0 fully saturated rings. The summed E-state index contributed by atoms with van der Waals surface area (Å²) >= 11 is 5.87. The first kappa shape index (κ1) is 14.5. The van der Waals surface area contributed by atoms with E-state index in [1.165, 1.54) is 24.3 Å². The Hall–Kier alpha value is -1.92. The topological polar surface area (TPSA) is 95.4 Å². The third-order valence-corrected chi connectivity index (χ3v) is 4.35. The van der Waals surface area contributed by atoms with E-state index in [9.17, 15) is 8.42 Å². The van der Waals surface area contributed by atoms with E-state index in [1.54, 1.807) is 19.1 Å². The molecule has 0 spiro atoms.